The predicted molar refractivity (Wildman–Crippen MR) is 107 cm³/mol. The van der Waals surface area contributed by atoms with Crippen molar-refractivity contribution in [3.63, 3.8) is 0 Å². The van der Waals surface area contributed by atoms with E-state index in [0.717, 1.165) is 22.4 Å². The van der Waals surface area contributed by atoms with E-state index in [1.165, 1.54) is 0 Å². The number of aromatic nitrogens is 2. The molecule has 0 radical (unpaired) electrons. The number of amides is 1. The number of carbonyl (C=O) groups excluding carboxylic acids is 1. The van der Waals surface area contributed by atoms with E-state index in [-0.39, 0.29) is 18.4 Å². The van der Waals surface area contributed by atoms with E-state index in [4.69, 9.17) is 20.9 Å². The highest BCUT2D eigenvalue weighted by Gasteiger charge is 2.16. The molecule has 0 aliphatic rings. The number of ether oxygens (including phenoxy) is 1. The van der Waals surface area contributed by atoms with Gasteiger partial charge in [0, 0.05) is 29.0 Å². The van der Waals surface area contributed by atoms with Gasteiger partial charge in [0.1, 0.15) is 5.75 Å². The normalized spacial score (nSPS) is 11.9. The maximum atomic E-state index is 12.3. The van der Waals surface area contributed by atoms with Crippen molar-refractivity contribution in [3.05, 3.63) is 64.5 Å². The minimum atomic E-state index is -0.172. The minimum Gasteiger partial charge on any atom is -0.496 e. The summed E-state index contributed by atoms with van der Waals surface area (Å²) in [7, 11) is 1.62. The second kappa shape index (κ2) is 8.89. The van der Waals surface area contributed by atoms with Gasteiger partial charge in [-0.15, -0.1) is 0 Å². The van der Waals surface area contributed by atoms with Crippen molar-refractivity contribution in [3.8, 4) is 17.1 Å². The predicted octanol–water partition coefficient (Wildman–Crippen LogP) is 4.52. The molecule has 0 saturated carbocycles. The topological polar surface area (TPSA) is 77.2 Å². The summed E-state index contributed by atoms with van der Waals surface area (Å²) in [4.78, 5) is 16.7. The van der Waals surface area contributed by atoms with E-state index in [1.54, 1.807) is 19.2 Å². The van der Waals surface area contributed by atoms with Crippen LogP contribution in [0.4, 0.5) is 0 Å². The van der Waals surface area contributed by atoms with Crippen LogP contribution in [0.2, 0.25) is 5.02 Å². The molecule has 0 aliphatic carbocycles. The van der Waals surface area contributed by atoms with Gasteiger partial charge < -0.3 is 14.6 Å². The number of nitrogens with one attached hydrogen (secondary N) is 1. The zero-order chi connectivity index (χ0) is 20.1. The summed E-state index contributed by atoms with van der Waals surface area (Å²) >= 11 is 5.89. The van der Waals surface area contributed by atoms with Gasteiger partial charge in [0.15, 0.2) is 0 Å². The quantitative estimate of drug-likeness (QED) is 0.632. The Labute approximate surface area is 168 Å². The van der Waals surface area contributed by atoms with Crippen LogP contribution in [0.15, 0.2) is 47.0 Å². The third-order valence-electron chi connectivity index (χ3n) is 4.37. The second-order valence-electron chi connectivity index (χ2n) is 6.55. The van der Waals surface area contributed by atoms with Crippen molar-refractivity contribution in [2.75, 3.05) is 7.11 Å². The van der Waals surface area contributed by atoms with Gasteiger partial charge in [-0.05, 0) is 44.2 Å². The summed E-state index contributed by atoms with van der Waals surface area (Å²) in [5.41, 5.74) is 2.86. The van der Waals surface area contributed by atoms with Crippen molar-refractivity contribution < 1.29 is 14.1 Å². The average Bonchev–Trinajstić information content (AvgIpc) is 3.16. The summed E-state index contributed by atoms with van der Waals surface area (Å²) in [5, 5.41) is 7.59. The van der Waals surface area contributed by atoms with Crippen LogP contribution >= 0.6 is 11.6 Å². The molecule has 2 aromatic carbocycles. The highest BCUT2D eigenvalue weighted by atomic mass is 35.5. The summed E-state index contributed by atoms with van der Waals surface area (Å²) in [5.74, 6) is 1.55. The standard InChI is InChI=1S/C21H22ClN3O3/c1-13-4-9-18(27-3)17(12-13)14(2)23-19(26)10-11-20-24-21(25-28-20)15-5-7-16(22)8-6-15/h4-9,12,14H,10-11H2,1-3H3,(H,23,26). The summed E-state index contributed by atoms with van der Waals surface area (Å²) in [6, 6.07) is 12.9. The molecular formula is C21H22ClN3O3. The van der Waals surface area contributed by atoms with Crippen LogP contribution in [0.5, 0.6) is 5.75 Å². The number of hydrogen-bond acceptors (Lipinski definition) is 5. The number of aryl methyl sites for hydroxylation is 2. The molecule has 0 fully saturated rings. The first-order chi connectivity index (χ1) is 13.5. The molecule has 146 valence electrons. The van der Waals surface area contributed by atoms with Crippen molar-refractivity contribution in [2.24, 2.45) is 0 Å². The van der Waals surface area contributed by atoms with Crippen LogP contribution in [0.25, 0.3) is 11.4 Å². The van der Waals surface area contributed by atoms with Crippen LogP contribution in [0.3, 0.4) is 0 Å². The van der Waals surface area contributed by atoms with Crippen LogP contribution in [0.1, 0.15) is 36.4 Å². The maximum absolute atomic E-state index is 12.3. The zero-order valence-corrected chi connectivity index (χ0v) is 16.8. The molecule has 1 atom stereocenters. The number of nitrogens with zero attached hydrogens (tertiary/aromatic N) is 2. The van der Waals surface area contributed by atoms with Gasteiger partial charge in [0.05, 0.1) is 13.2 Å². The maximum Gasteiger partial charge on any atom is 0.227 e. The van der Waals surface area contributed by atoms with Crippen molar-refractivity contribution in [1.82, 2.24) is 15.5 Å². The highest BCUT2D eigenvalue weighted by Crippen LogP contribution is 2.26. The smallest absolute Gasteiger partial charge is 0.227 e. The number of rotatable bonds is 7. The van der Waals surface area contributed by atoms with E-state index < -0.39 is 0 Å². The fraction of sp³-hybridized carbons (Fsp3) is 0.286. The van der Waals surface area contributed by atoms with Crippen LogP contribution in [-0.4, -0.2) is 23.2 Å². The van der Waals surface area contributed by atoms with E-state index in [1.807, 2.05) is 44.2 Å². The Hall–Kier alpha value is -2.86. The molecule has 3 aromatic rings. The lowest BCUT2D eigenvalue weighted by atomic mass is 10.0. The van der Waals surface area contributed by atoms with Gasteiger partial charge in [0.25, 0.3) is 0 Å². The highest BCUT2D eigenvalue weighted by molar-refractivity contribution is 6.30. The third-order valence-corrected chi connectivity index (χ3v) is 4.62. The molecule has 1 amide bonds. The van der Waals surface area contributed by atoms with Gasteiger partial charge in [0.2, 0.25) is 17.6 Å². The monoisotopic (exact) mass is 399 g/mol. The lowest BCUT2D eigenvalue weighted by Crippen LogP contribution is -2.27. The zero-order valence-electron chi connectivity index (χ0n) is 16.0. The Kier molecular flexibility index (Phi) is 6.31. The van der Waals surface area contributed by atoms with Crippen molar-refractivity contribution in [2.45, 2.75) is 32.7 Å². The second-order valence-corrected chi connectivity index (χ2v) is 6.99. The molecule has 1 unspecified atom stereocenters. The Morgan fingerprint density at radius 1 is 1.25 bits per heavy atom. The first kappa shape index (κ1) is 19.9. The molecule has 1 heterocycles. The lowest BCUT2D eigenvalue weighted by Gasteiger charge is -2.17. The largest absolute Gasteiger partial charge is 0.496 e. The number of carbonyl (C=O) groups is 1. The number of halogens is 1. The van der Waals surface area contributed by atoms with E-state index in [2.05, 4.69) is 15.5 Å². The van der Waals surface area contributed by atoms with Crippen molar-refractivity contribution >= 4 is 17.5 Å². The molecule has 6 nitrogen and oxygen atoms in total. The minimum absolute atomic E-state index is 0.0951. The Morgan fingerprint density at radius 2 is 2.00 bits per heavy atom. The molecule has 0 spiro atoms. The van der Waals surface area contributed by atoms with E-state index in [0.29, 0.717) is 23.2 Å². The molecular weight excluding hydrogens is 378 g/mol. The van der Waals surface area contributed by atoms with E-state index in [9.17, 15) is 4.79 Å². The Balaban J connectivity index is 1.57. The first-order valence-electron chi connectivity index (χ1n) is 8.98. The lowest BCUT2D eigenvalue weighted by molar-refractivity contribution is -0.121. The fourth-order valence-corrected chi connectivity index (χ4v) is 3.00. The van der Waals surface area contributed by atoms with Gasteiger partial charge in [-0.25, -0.2) is 0 Å². The first-order valence-corrected chi connectivity index (χ1v) is 9.36. The van der Waals surface area contributed by atoms with Crippen LogP contribution < -0.4 is 10.1 Å². The van der Waals surface area contributed by atoms with Gasteiger partial charge >= 0.3 is 0 Å². The number of hydrogen-bond donors (Lipinski definition) is 1. The SMILES string of the molecule is COc1ccc(C)cc1C(C)NC(=O)CCc1nc(-c2ccc(Cl)cc2)no1. The molecule has 0 bridgehead atoms. The average molecular weight is 400 g/mol. The van der Waals surface area contributed by atoms with Crippen LogP contribution in [-0.2, 0) is 11.2 Å². The van der Waals surface area contributed by atoms with Gasteiger partial charge in [-0.2, -0.15) is 4.98 Å². The summed E-state index contributed by atoms with van der Waals surface area (Å²) < 4.78 is 10.6. The summed E-state index contributed by atoms with van der Waals surface area (Å²) in [6.07, 6.45) is 0.616. The van der Waals surface area contributed by atoms with Crippen LogP contribution in [0, 0.1) is 6.92 Å². The number of methoxy groups -OCH3 is 1. The summed E-state index contributed by atoms with van der Waals surface area (Å²) in [6.45, 7) is 3.94. The number of benzene rings is 2. The molecule has 1 N–H and O–H groups in total. The van der Waals surface area contributed by atoms with Gasteiger partial charge in [-0.1, -0.05) is 34.5 Å². The van der Waals surface area contributed by atoms with Crippen molar-refractivity contribution in [1.29, 1.82) is 0 Å². The molecule has 0 aliphatic heterocycles. The molecule has 28 heavy (non-hydrogen) atoms. The molecule has 3 rings (SSSR count). The molecule has 7 heteroatoms. The third kappa shape index (κ3) is 4.89. The fourth-order valence-electron chi connectivity index (χ4n) is 2.88. The van der Waals surface area contributed by atoms with E-state index >= 15 is 0 Å². The molecule has 0 saturated heterocycles. The molecule has 1 aromatic heterocycles. The Morgan fingerprint density at radius 3 is 2.71 bits per heavy atom. The van der Waals surface area contributed by atoms with Gasteiger partial charge in [-0.3, -0.25) is 4.79 Å². The Bertz CT molecular complexity index is 954.